The number of aryl methyl sites for hydroxylation is 1. The van der Waals surface area contributed by atoms with Gasteiger partial charge in [0.05, 0.1) is 0 Å². The minimum Gasteiger partial charge on any atom is -0.366 e. The lowest BCUT2D eigenvalue weighted by atomic mass is 9.87. The SMILES string of the molecule is Cc1ccc(C(N)=O)cc1NC(=O)C1(n2cccn2)CCNCC1.Cl. The summed E-state index contributed by atoms with van der Waals surface area (Å²) in [5, 5.41) is 10.5. The van der Waals surface area contributed by atoms with Crippen molar-refractivity contribution in [3.8, 4) is 0 Å². The molecule has 2 aromatic rings. The van der Waals surface area contributed by atoms with Gasteiger partial charge in [-0.05, 0) is 56.6 Å². The topological polar surface area (TPSA) is 102 Å². The van der Waals surface area contributed by atoms with Crippen molar-refractivity contribution in [2.24, 2.45) is 5.73 Å². The number of carbonyl (C=O) groups excluding carboxylic acids is 2. The maximum atomic E-state index is 13.1. The smallest absolute Gasteiger partial charge is 0.252 e. The zero-order chi connectivity index (χ0) is 17.2. The van der Waals surface area contributed by atoms with Gasteiger partial charge in [-0.15, -0.1) is 12.4 Å². The number of piperidine rings is 1. The Morgan fingerprint density at radius 1 is 1.32 bits per heavy atom. The highest BCUT2D eigenvalue weighted by molar-refractivity contribution is 5.99. The quantitative estimate of drug-likeness (QED) is 0.764. The first-order chi connectivity index (χ1) is 11.5. The third-order valence-electron chi connectivity index (χ3n) is 4.57. The lowest BCUT2D eigenvalue weighted by molar-refractivity contribution is -0.126. The highest BCUT2D eigenvalue weighted by atomic mass is 35.5. The Kier molecular flexibility index (Phi) is 5.81. The highest BCUT2D eigenvalue weighted by Crippen LogP contribution is 2.29. The monoisotopic (exact) mass is 363 g/mol. The summed E-state index contributed by atoms with van der Waals surface area (Å²) in [5.74, 6) is -0.647. The van der Waals surface area contributed by atoms with Crippen LogP contribution in [0.4, 0.5) is 5.69 Å². The Hall–Kier alpha value is -2.38. The number of primary amides is 1. The molecular formula is C17H22ClN5O2. The Labute approximate surface area is 152 Å². The van der Waals surface area contributed by atoms with Gasteiger partial charge in [0, 0.05) is 23.6 Å². The molecule has 1 aromatic heterocycles. The van der Waals surface area contributed by atoms with E-state index in [1.54, 1.807) is 29.1 Å². The van der Waals surface area contributed by atoms with E-state index in [2.05, 4.69) is 15.7 Å². The predicted molar refractivity (Wildman–Crippen MR) is 97.9 cm³/mol. The van der Waals surface area contributed by atoms with Gasteiger partial charge < -0.3 is 16.4 Å². The number of nitrogens with two attached hydrogens (primary N) is 1. The van der Waals surface area contributed by atoms with Crippen LogP contribution in [0.25, 0.3) is 0 Å². The Balaban J connectivity index is 0.00000225. The molecule has 2 amide bonds. The average Bonchev–Trinajstić information content (AvgIpc) is 3.12. The molecule has 0 unspecified atom stereocenters. The molecule has 1 aliphatic heterocycles. The molecule has 4 N–H and O–H groups in total. The van der Waals surface area contributed by atoms with Crippen molar-refractivity contribution < 1.29 is 9.59 Å². The van der Waals surface area contributed by atoms with Crippen LogP contribution in [0.15, 0.2) is 36.7 Å². The van der Waals surface area contributed by atoms with Crippen molar-refractivity contribution >= 4 is 29.9 Å². The third kappa shape index (κ3) is 3.67. The molecule has 1 saturated heterocycles. The van der Waals surface area contributed by atoms with E-state index in [-0.39, 0.29) is 18.3 Å². The first kappa shape index (κ1) is 19.0. The van der Waals surface area contributed by atoms with Crippen molar-refractivity contribution in [1.29, 1.82) is 0 Å². The van der Waals surface area contributed by atoms with Crippen molar-refractivity contribution in [3.63, 3.8) is 0 Å². The van der Waals surface area contributed by atoms with Crippen LogP contribution >= 0.6 is 12.4 Å². The first-order valence-electron chi connectivity index (χ1n) is 7.96. The summed E-state index contributed by atoms with van der Waals surface area (Å²) in [7, 11) is 0. The summed E-state index contributed by atoms with van der Waals surface area (Å²) in [5.41, 5.74) is 6.44. The van der Waals surface area contributed by atoms with Crippen LogP contribution in [0.3, 0.4) is 0 Å². The lowest BCUT2D eigenvalue weighted by Crippen LogP contribution is -2.52. The molecule has 7 nitrogen and oxygen atoms in total. The number of amides is 2. The van der Waals surface area contributed by atoms with Gasteiger partial charge >= 0.3 is 0 Å². The first-order valence-corrected chi connectivity index (χ1v) is 7.96. The fourth-order valence-electron chi connectivity index (χ4n) is 3.07. The Morgan fingerprint density at radius 3 is 2.64 bits per heavy atom. The fraction of sp³-hybridized carbons (Fsp3) is 0.353. The van der Waals surface area contributed by atoms with Crippen LogP contribution in [0.2, 0.25) is 0 Å². The number of aromatic nitrogens is 2. The summed E-state index contributed by atoms with van der Waals surface area (Å²) in [4.78, 5) is 24.5. The van der Waals surface area contributed by atoms with Gasteiger partial charge in [-0.25, -0.2) is 0 Å². The predicted octanol–water partition coefficient (Wildman–Crippen LogP) is 1.43. The van der Waals surface area contributed by atoms with Gasteiger partial charge in [-0.3, -0.25) is 14.3 Å². The van der Waals surface area contributed by atoms with Crippen LogP contribution in [0.1, 0.15) is 28.8 Å². The van der Waals surface area contributed by atoms with Gasteiger partial charge in [-0.1, -0.05) is 6.07 Å². The second kappa shape index (κ2) is 7.67. The molecule has 1 fully saturated rings. The van der Waals surface area contributed by atoms with E-state index < -0.39 is 11.4 Å². The standard InChI is InChI=1S/C17H21N5O2.ClH/c1-12-3-4-13(15(18)23)11-14(12)21-16(24)17(5-8-19-9-6-17)22-10-2-7-20-22;/h2-4,7,10-11,19H,5-6,8-9H2,1H3,(H2,18,23)(H,21,24);1H. The third-order valence-corrected chi connectivity index (χ3v) is 4.57. The maximum absolute atomic E-state index is 13.1. The van der Waals surface area contributed by atoms with Crippen molar-refractivity contribution in [1.82, 2.24) is 15.1 Å². The number of rotatable bonds is 4. The van der Waals surface area contributed by atoms with E-state index in [9.17, 15) is 9.59 Å². The minimum atomic E-state index is -0.732. The minimum absolute atomic E-state index is 0. The molecular weight excluding hydrogens is 342 g/mol. The Morgan fingerprint density at radius 2 is 2.04 bits per heavy atom. The maximum Gasteiger partial charge on any atom is 0.252 e. The zero-order valence-corrected chi connectivity index (χ0v) is 14.8. The number of nitrogens with zero attached hydrogens (tertiary/aromatic N) is 2. The number of nitrogens with one attached hydrogen (secondary N) is 2. The number of carbonyl (C=O) groups is 2. The van der Waals surface area contributed by atoms with Gasteiger partial charge in [0.15, 0.2) is 0 Å². The van der Waals surface area contributed by atoms with E-state index in [0.717, 1.165) is 18.7 Å². The molecule has 3 rings (SSSR count). The van der Waals surface area contributed by atoms with Gasteiger partial charge in [-0.2, -0.15) is 5.10 Å². The zero-order valence-electron chi connectivity index (χ0n) is 14.0. The van der Waals surface area contributed by atoms with Gasteiger partial charge in [0.25, 0.3) is 5.91 Å². The van der Waals surface area contributed by atoms with Crippen LogP contribution in [-0.2, 0) is 10.3 Å². The summed E-state index contributed by atoms with van der Waals surface area (Å²) in [6.07, 6.45) is 4.79. The fourth-order valence-corrected chi connectivity index (χ4v) is 3.07. The van der Waals surface area contributed by atoms with Gasteiger partial charge in [0.2, 0.25) is 5.91 Å². The summed E-state index contributed by atoms with van der Waals surface area (Å²) < 4.78 is 1.73. The molecule has 134 valence electrons. The number of anilines is 1. The van der Waals surface area contributed by atoms with Crippen LogP contribution in [0.5, 0.6) is 0 Å². The molecule has 0 saturated carbocycles. The molecule has 25 heavy (non-hydrogen) atoms. The normalized spacial score (nSPS) is 15.9. The van der Waals surface area contributed by atoms with E-state index in [4.69, 9.17) is 5.73 Å². The number of benzene rings is 1. The molecule has 1 aromatic carbocycles. The molecule has 1 aliphatic rings. The molecule has 0 bridgehead atoms. The van der Waals surface area contributed by atoms with Crippen LogP contribution in [0, 0.1) is 6.92 Å². The largest absolute Gasteiger partial charge is 0.366 e. The molecule has 0 spiro atoms. The summed E-state index contributed by atoms with van der Waals surface area (Å²) >= 11 is 0. The number of halogens is 1. The Bertz CT molecular complexity index is 754. The summed E-state index contributed by atoms with van der Waals surface area (Å²) in [6, 6.07) is 6.86. The molecule has 0 aliphatic carbocycles. The second-order valence-electron chi connectivity index (χ2n) is 6.08. The van der Waals surface area contributed by atoms with E-state index >= 15 is 0 Å². The van der Waals surface area contributed by atoms with Crippen molar-refractivity contribution in [3.05, 3.63) is 47.8 Å². The molecule has 2 heterocycles. The van der Waals surface area contributed by atoms with Crippen LogP contribution < -0.4 is 16.4 Å². The van der Waals surface area contributed by atoms with E-state index in [1.807, 2.05) is 19.2 Å². The van der Waals surface area contributed by atoms with E-state index in [1.165, 1.54) is 0 Å². The molecule has 8 heteroatoms. The lowest BCUT2D eigenvalue weighted by Gasteiger charge is -2.36. The van der Waals surface area contributed by atoms with E-state index in [0.29, 0.717) is 24.1 Å². The molecule has 0 atom stereocenters. The number of hydrogen-bond acceptors (Lipinski definition) is 4. The van der Waals surface area contributed by atoms with Crippen molar-refractivity contribution in [2.45, 2.75) is 25.3 Å². The van der Waals surface area contributed by atoms with Crippen LogP contribution in [-0.4, -0.2) is 34.7 Å². The van der Waals surface area contributed by atoms with Crippen molar-refractivity contribution in [2.75, 3.05) is 18.4 Å². The molecule has 0 radical (unpaired) electrons. The highest BCUT2D eigenvalue weighted by Gasteiger charge is 2.42. The summed E-state index contributed by atoms with van der Waals surface area (Å²) in [6.45, 7) is 3.37. The number of hydrogen-bond donors (Lipinski definition) is 3. The van der Waals surface area contributed by atoms with Gasteiger partial charge in [0.1, 0.15) is 5.54 Å². The second-order valence-corrected chi connectivity index (χ2v) is 6.08. The average molecular weight is 364 g/mol.